The SMILES string of the molecule is CC(C)Oc1ccc(-n2nc(C(=O)N[C@H](C)c3cc(N)cc(C(F)(F)F)c3)ccc2=O)cc1. The zero-order chi connectivity index (χ0) is 24.3. The lowest BCUT2D eigenvalue weighted by molar-refractivity contribution is -0.137. The average molecular weight is 460 g/mol. The molecule has 3 N–H and O–H groups in total. The lowest BCUT2D eigenvalue weighted by Gasteiger charge is -2.17. The first-order valence-electron chi connectivity index (χ1n) is 10.1. The molecule has 3 aromatic rings. The third-order valence-electron chi connectivity index (χ3n) is 4.64. The quantitative estimate of drug-likeness (QED) is 0.540. The van der Waals surface area contributed by atoms with Crippen molar-refractivity contribution in [3.05, 3.63) is 81.8 Å². The fourth-order valence-electron chi connectivity index (χ4n) is 3.10. The van der Waals surface area contributed by atoms with Gasteiger partial charge in [0.05, 0.1) is 23.4 Å². The van der Waals surface area contributed by atoms with Crippen molar-refractivity contribution in [1.29, 1.82) is 0 Å². The topological polar surface area (TPSA) is 99.2 Å². The van der Waals surface area contributed by atoms with Crippen LogP contribution in [0.5, 0.6) is 5.75 Å². The van der Waals surface area contributed by atoms with Crippen molar-refractivity contribution in [2.75, 3.05) is 5.73 Å². The molecule has 0 saturated carbocycles. The van der Waals surface area contributed by atoms with E-state index in [2.05, 4.69) is 10.4 Å². The standard InChI is InChI=1S/C23H23F3N4O3/c1-13(2)33-19-6-4-18(5-7-19)30-21(31)9-8-20(29-30)22(32)28-14(3)15-10-16(23(24,25)26)12-17(27)11-15/h4-14H,27H2,1-3H3,(H,28,32)/t14-/m1/s1. The molecule has 0 fully saturated rings. The molecule has 0 aliphatic rings. The summed E-state index contributed by atoms with van der Waals surface area (Å²) in [4.78, 5) is 25.0. The Labute approximate surface area is 188 Å². The predicted octanol–water partition coefficient (Wildman–Crippen LogP) is 4.11. The number of nitrogen functional groups attached to an aromatic ring is 1. The van der Waals surface area contributed by atoms with Gasteiger partial charge in [0.2, 0.25) is 0 Å². The average Bonchev–Trinajstić information content (AvgIpc) is 2.73. The second-order valence-electron chi connectivity index (χ2n) is 7.71. The highest BCUT2D eigenvalue weighted by Crippen LogP contribution is 2.32. The number of nitrogens with two attached hydrogens (primary N) is 1. The predicted molar refractivity (Wildman–Crippen MR) is 117 cm³/mol. The van der Waals surface area contributed by atoms with E-state index >= 15 is 0 Å². The van der Waals surface area contributed by atoms with Crippen LogP contribution in [0.25, 0.3) is 5.69 Å². The van der Waals surface area contributed by atoms with E-state index in [-0.39, 0.29) is 23.0 Å². The van der Waals surface area contributed by atoms with Crippen LogP contribution in [0, 0.1) is 0 Å². The summed E-state index contributed by atoms with van der Waals surface area (Å²) in [6, 6.07) is 11.4. The molecule has 1 atom stereocenters. The lowest BCUT2D eigenvalue weighted by atomic mass is 10.0. The summed E-state index contributed by atoms with van der Waals surface area (Å²) >= 11 is 0. The molecule has 2 aromatic carbocycles. The number of benzene rings is 2. The summed E-state index contributed by atoms with van der Waals surface area (Å²) in [6.07, 6.45) is -4.58. The number of aromatic nitrogens is 2. The first kappa shape index (κ1) is 23.8. The maximum atomic E-state index is 13.1. The van der Waals surface area contributed by atoms with Crippen LogP contribution in [0.1, 0.15) is 48.4 Å². The number of nitrogens with one attached hydrogen (secondary N) is 1. The van der Waals surface area contributed by atoms with Gasteiger partial charge in [-0.05, 0) is 74.9 Å². The van der Waals surface area contributed by atoms with Crippen LogP contribution in [-0.2, 0) is 6.18 Å². The highest BCUT2D eigenvalue weighted by atomic mass is 19.4. The molecule has 3 rings (SSSR count). The number of hydrogen-bond acceptors (Lipinski definition) is 5. The monoisotopic (exact) mass is 460 g/mol. The molecular formula is C23H23F3N4O3. The number of anilines is 1. The Morgan fingerprint density at radius 2 is 1.73 bits per heavy atom. The molecule has 33 heavy (non-hydrogen) atoms. The molecule has 0 aliphatic carbocycles. The molecule has 0 radical (unpaired) electrons. The molecule has 0 aliphatic heterocycles. The normalized spacial score (nSPS) is 12.5. The minimum atomic E-state index is -4.57. The van der Waals surface area contributed by atoms with Crippen LogP contribution >= 0.6 is 0 Å². The van der Waals surface area contributed by atoms with Gasteiger partial charge in [-0.2, -0.15) is 23.0 Å². The van der Waals surface area contributed by atoms with Crippen molar-refractivity contribution in [3.8, 4) is 11.4 Å². The molecule has 174 valence electrons. The highest BCUT2D eigenvalue weighted by Gasteiger charge is 2.31. The van der Waals surface area contributed by atoms with Crippen LogP contribution in [0.4, 0.5) is 18.9 Å². The Balaban J connectivity index is 1.83. The van der Waals surface area contributed by atoms with Crippen LogP contribution in [-0.4, -0.2) is 21.8 Å². The van der Waals surface area contributed by atoms with E-state index in [9.17, 15) is 22.8 Å². The molecular weight excluding hydrogens is 437 g/mol. The number of alkyl halides is 3. The third kappa shape index (κ3) is 5.91. The van der Waals surface area contributed by atoms with Gasteiger partial charge in [-0.25, -0.2) is 0 Å². The van der Waals surface area contributed by atoms with E-state index < -0.39 is 29.2 Å². The summed E-state index contributed by atoms with van der Waals surface area (Å²) in [7, 11) is 0. The van der Waals surface area contributed by atoms with Crippen molar-refractivity contribution in [2.45, 2.75) is 39.1 Å². The first-order valence-corrected chi connectivity index (χ1v) is 10.1. The number of nitrogens with zero attached hydrogens (tertiary/aromatic N) is 2. The number of carbonyl (C=O) groups excluding carboxylic acids is 1. The summed E-state index contributed by atoms with van der Waals surface area (Å²) in [5.74, 6) is -0.0446. The van der Waals surface area contributed by atoms with E-state index in [1.165, 1.54) is 25.1 Å². The molecule has 0 saturated heterocycles. The highest BCUT2D eigenvalue weighted by molar-refractivity contribution is 5.92. The minimum Gasteiger partial charge on any atom is -0.491 e. The van der Waals surface area contributed by atoms with Gasteiger partial charge in [0, 0.05) is 11.8 Å². The third-order valence-corrected chi connectivity index (χ3v) is 4.64. The molecule has 0 bridgehead atoms. The second-order valence-corrected chi connectivity index (χ2v) is 7.71. The van der Waals surface area contributed by atoms with E-state index in [4.69, 9.17) is 10.5 Å². The van der Waals surface area contributed by atoms with Gasteiger partial charge in [-0.1, -0.05) is 0 Å². The number of hydrogen-bond donors (Lipinski definition) is 2. The maximum absolute atomic E-state index is 13.1. The Bertz CT molecular complexity index is 1200. The van der Waals surface area contributed by atoms with Gasteiger partial charge in [0.1, 0.15) is 11.4 Å². The Kier molecular flexibility index (Phi) is 6.75. The fourth-order valence-corrected chi connectivity index (χ4v) is 3.10. The number of amides is 1. The van der Waals surface area contributed by atoms with Crippen molar-refractivity contribution in [2.24, 2.45) is 0 Å². The number of rotatable bonds is 6. The number of carbonyl (C=O) groups is 1. The Morgan fingerprint density at radius 3 is 2.33 bits per heavy atom. The van der Waals surface area contributed by atoms with Gasteiger partial charge in [0.15, 0.2) is 0 Å². The number of ether oxygens (including phenoxy) is 1. The number of halogens is 3. The second kappa shape index (κ2) is 9.35. The molecule has 10 heteroatoms. The molecule has 1 aromatic heterocycles. The Hall–Kier alpha value is -3.82. The molecule has 1 amide bonds. The molecule has 1 heterocycles. The van der Waals surface area contributed by atoms with Crippen LogP contribution in [0.15, 0.2) is 59.4 Å². The van der Waals surface area contributed by atoms with Crippen molar-refractivity contribution in [1.82, 2.24) is 15.1 Å². The zero-order valence-corrected chi connectivity index (χ0v) is 18.2. The van der Waals surface area contributed by atoms with Gasteiger partial charge in [-0.15, -0.1) is 0 Å². The summed E-state index contributed by atoms with van der Waals surface area (Å²) in [5.41, 5.74) is 4.69. The van der Waals surface area contributed by atoms with Crippen molar-refractivity contribution >= 4 is 11.6 Å². The smallest absolute Gasteiger partial charge is 0.416 e. The molecule has 0 spiro atoms. The maximum Gasteiger partial charge on any atom is 0.416 e. The van der Waals surface area contributed by atoms with E-state index in [0.29, 0.717) is 11.4 Å². The van der Waals surface area contributed by atoms with Crippen LogP contribution < -0.4 is 21.3 Å². The zero-order valence-electron chi connectivity index (χ0n) is 18.2. The van der Waals surface area contributed by atoms with Crippen LogP contribution in [0.2, 0.25) is 0 Å². The Morgan fingerprint density at radius 1 is 1.06 bits per heavy atom. The van der Waals surface area contributed by atoms with E-state index in [0.717, 1.165) is 16.8 Å². The van der Waals surface area contributed by atoms with E-state index in [1.807, 2.05) is 13.8 Å². The minimum absolute atomic E-state index is 0.0158. The summed E-state index contributed by atoms with van der Waals surface area (Å²) < 4.78 is 45.9. The van der Waals surface area contributed by atoms with Crippen molar-refractivity contribution in [3.63, 3.8) is 0 Å². The van der Waals surface area contributed by atoms with Gasteiger partial charge < -0.3 is 15.8 Å². The molecule has 0 unspecified atom stereocenters. The lowest BCUT2D eigenvalue weighted by Crippen LogP contribution is -2.30. The fraction of sp³-hybridized carbons (Fsp3) is 0.261. The molecule has 7 nitrogen and oxygen atoms in total. The van der Waals surface area contributed by atoms with E-state index in [1.54, 1.807) is 24.3 Å². The van der Waals surface area contributed by atoms with Gasteiger partial charge in [-0.3, -0.25) is 9.59 Å². The van der Waals surface area contributed by atoms with Gasteiger partial charge >= 0.3 is 6.18 Å². The first-order chi connectivity index (χ1) is 15.4. The summed E-state index contributed by atoms with van der Waals surface area (Å²) in [6.45, 7) is 5.30. The van der Waals surface area contributed by atoms with Crippen molar-refractivity contribution < 1.29 is 22.7 Å². The van der Waals surface area contributed by atoms with Gasteiger partial charge in [0.25, 0.3) is 11.5 Å². The largest absolute Gasteiger partial charge is 0.491 e. The summed E-state index contributed by atoms with van der Waals surface area (Å²) in [5, 5.41) is 6.69. The van der Waals surface area contributed by atoms with Crippen LogP contribution in [0.3, 0.4) is 0 Å².